The molecule has 0 aliphatic heterocycles. The van der Waals surface area contributed by atoms with E-state index in [2.05, 4.69) is 0 Å². The largest absolute Gasteiger partial charge is 1.00 e. The summed E-state index contributed by atoms with van der Waals surface area (Å²) < 4.78 is 25.3. The molecule has 0 saturated carbocycles. The second-order valence-electron chi connectivity index (χ2n) is 0.204. The second kappa shape index (κ2) is 9.12. The van der Waals surface area contributed by atoms with Gasteiger partial charge in [-0.3, -0.25) is 4.21 Å². The third kappa shape index (κ3) is 190. The van der Waals surface area contributed by atoms with Crippen LogP contribution in [-0.2, 0) is 28.4 Å². The van der Waals surface area contributed by atoms with E-state index >= 15 is 0 Å². The Hall–Kier alpha value is 0.549. The van der Waals surface area contributed by atoms with E-state index in [1.807, 2.05) is 0 Å². The first-order valence-electron chi connectivity index (χ1n) is 0.500. The minimum Gasteiger partial charge on any atom is -0.784 e. The van der Waals surface area contributed by atoms with Gasteiger partial charge in [-0.1, -0.05) is 0 Å². The van der Waals surface area contributed by atoms with E-state index < -0.39 is 11.4 Å². The van der Waals surface area contributed by atoms with Crippen molar-refractivity contribution in [3.63, 3.8) is 0 Å². The van der Waals surface area contributed by atoms with E-state index in [9.17, 15) is 0 Å². The summed E-state index contributed by atoms with van der Waals surface area (Å²) in [5.74, 6) is 0. The maximum absolute atomic E-state index is 8.44. The quantitative estimate of drug-likeness (QED) is 0.371. The van der Waals surface area contributed by atoms with Crippen LogP contribution in [0.1, 0.15) is 0 Å². The van der Waals surface area contributed by atoms with Crippen molar-refractivity contribution in [2.24, 2.45) is 0 Å². The fourth-order valence-corrected chi connectivity index (χ4v) is 0. The minimum atomic E-state index is -3.11. The summed E-state index contributed by atoms with van der Waals surface area (Å²) in [6.45, 7) is 0. The molecule has 41 valence electrons. The SMILES string of the molecule is O=S([O-])[O-].[Fe+].[NH4+]. The molecular weight excluding hydrogens is 150 g/mol. The average molecular weight is 154 g/mol. The molecule has 0 aromatic rings. The van der Waals surface area contributed by atoms with Gasteiger partial charge in [-0.25, -0.2) is 0 Å². The normalized spacial score (nSPS) is 5.83. The van der Waals surface area contributed by atoms with E-state index in [1.165, 1.54) is 0 Å². The molecule has 0 bridgehead atoms. The van der Waals surface area contributed by atoms with Gasteiger partial charge in [0.2, 0.25) is 0 Å². The van der Waals surface area contributed by atoms with Crippen molar-refractivity contribution >= 4 is 11.4 Å². The molecule has 6 heteroatoms. The third-order valence-corrected chi connectivity index (χ3v) is 0. The maximum Gasteiger partial charge on any atom is 1.00 e. The Balaban J connectivity index is -0.0000000450. The van der Waals surface area contributed by atoms with E-state index in [1.54, 1.807) is 0 Å². The molecule has 4 N–H and O–H groups in total. The molecule has 0 rings (SSSR count). The smallest absolute Gasteiger partial charge is 0.784 e. The molecular formula is H4FeNO3S. The number of hydrogen-bond acceptors (Lipinski definition) is 3. The van der Waals surface area contributed by atoms with Gasteiger partial charge in [0.05, 0.1) is 0 Å². The fourth-order valence-electron chi connectivity index (χ4n) is 0. The molecule has 0 amide bonds. The van der Waals surface area contributed by atoms with Crippen molar-refractivity contribution < 1.29 is 30.4 Å². The topological polar surface area (TPSA) is 99.7 Å². The first kappa shape index (κ1) is 16.0. The van der Waals surface area contributed by atoms with Crippen molar-refractivity contribution in [2.75, 3.05) is 0 Å². The van der Waals surface area contributed by atoms with E-state index in [4.69, 9.17) is 13.3 Å². The predicted molar refractivity (Wildman–Crippen MR) is 15.7 cm³/mol. The summed E-state index contributed by atoms with van der Waals surface area (Å²) in [6.07, 6.45) is 0. The second-order valence-corrected chi connectivity index (χ2v) is 0.612. The summed E-state index contributed by atoms with van der Waals surface area (Å²) in [5.41, 5.74) is 0. The van der Waals surface area contributed by atoms with Crippen LogP contribution in [0.3, 0.4) is 0 Å². The first-order chi connectivity index (χ1) is 1.73. The zero-order valence-electron chi connectivity index (χ0n) is 2.99. The van der Waals surface area contributed by atoms with Crippen molar-refractivity contribution in [3.8, 4) is 0 Å². The van der Waals surface area contributed by atoms with Gasteiger partial charge < -0.3 is 15.3 Å². The van der Waals surface area contributed by atoms with Crippen molar-refractivity contribution in [3.05, 3.63) is 0 Å². The van der Waals surface area contributed by atoms with Gasteiger partial charge in [0.15, 0.2) is 0 Å². The Morgan fingerprint density at radius 1 is 1.33 bits per heavy atom. The Bertz CT molecular complexity index is 33.8. The van der Waals surface area contributed by atoms with Crippen molar-refractivity contribution in [1.82, 2.24) is 6.15 Å². The maximum atomic E-state index is 8.44. The average Bonchev–Trinajstić information content (AvgIpc) is 0.811. The van der Waals surface area contributed by atoms with E-state index in [0.29, 0.717) is 0 Å². The van der Waals surface area contributed by atoms with Gasteiger partial charge in [0.25, 0.3) is 0 Å². The van der Waals surface area contributed by atoms with Crippen LogP contribution in [0.2, 0.25) is 0 Å². The van der Waals surface area contributed by atoms with Gasteiger partial charge in [0.1, 0.15) is 0 Å². The van der Waals surface area contributed by atoms with Gasteiger partial charge in [-0.05, 0) is 0 Å². The van der Waals surface area contributed by atoms with Gasteiger partial charge >= 0.3 is 17.1 Å². The fraction of sp³-hybridized carbons (Fsp3) is 0. The Labute approximate surface area is 48.5 Å². The Kier molecular flexibility index (Phi) is 24.3. The van der Waals surface area contributed by atoms with Crippen molar-refractivity contribution in [2.45, 2.75) is 0 Å². The molecule has 6 heavy (non-hydrogen) atoms. The molecule has 0 heterocycles. The van der Waals surface area contributed by atoms with E-state index in [-0.39, 0.29) is 23.2 Å². The Morgan fingerprint density at radius 2 is 1.33 bits per heavy atom. The standard InChI is InChI=1S/Fe.H3N.H2O3S/c;;1-4(2)3/h;1H3;(H2,1,2,3)/q+1;;/p-1. The molecule has 0 aliphatic rings. The molecule has 4 nitrogen and oxygen atoms in total. The van der Waals surface area contributed by atoms with Crippen LogP contribution in [-0.4, -0.2) is 13.3 Å². The minimum absolute atomic E-state index is 0. The number of hydrogen-bond donors (Lipinski definition) is 1. The molecule has 0 aromatic carbocycles. The van der Waals surface area contributed by atoms with Gasteiger partial charge in [0, 0.05) is 0 Å². The van der Waals surface area contributed by atoms with Crippen LogP contribution in [0.4, 0.5) is 0 Å². The molecule has 0 aromatic heterocycles. The molecule has 1 radical (unpaired) electrons. The molecule has 0 fully saturated rings. The summed E-state index contributed by atoms with van der Waals surface area (Å²) in [7, 11) is 0. The zero-order valence-corrected chi connectivity index (χ0v) is 4.91. The van der Waals surface area contributed by atoms with E-state index in [0.717, 1.165) is 0 Å². The summed E-state index contributed by atoms with van der Waals surface area (Å²) in [6, 6.07) is 0. The van der Waals surface area contributed by atoms with Crippen LogP contribution in [0, 0.1) is 0 Å². The van der Waals surface area contributed by atoms with Crippen molar-refractivity contribution in [1.29, 1.82) is 0 Å². The van der Waals surface area contributed by atoms with Crippen LogP contribution in [0.5, 0.6) is 0 Å². The van der Waals surface area contributed by atoms with Crippen LogP contribution in [0.25, 0.3) is 0 Å². The number of quaternary nitrogens is 1. The molecule has 0 spiro atoms. The first-order valence-corrected chi connectivity index (χ1v) is 1.50. The summed E-state index contributed by atoms with van der Waals surface area (Å²) in [4.78, 5) is 0. The molecule has 0 aliphatic carbocycles. The monoisotopic (exact) mass is 154 g/mol. The third-order valence-electron chi connectivity index (χ3n) is 0. The van der Waals surface area contributed by atoms with Gasteiger partial charge in [-0.2, -0.15) is 0 Å². The summed E-state index contributed by atoms with van der Waals surface area (Å²) in [5, 5.41) is 0. The molecule has 0 unspecified atom stereocenters. The molecule has 0 atom stereocenters. The summed E-state index contributed by atoms with van der Waals surface area (Å²) >= 11 is -3.11. The Morgan fingerprint density at radius 3 is 1.33 bits per heavy atom. The van der Waals surface area contributed by atoms with Crippen LogP contribution >= 0.6 is 0 Å². The molecule has 0 saturated heterocycles. The predicted octanol–water partition coefficient (Wildman–Crippen LogP) is -0.630. The number of rotatable bonds is 0. The van der Waals surface area contributed by atoms with Gasteiger partial charge in [-0.15, -0.1) is 11.4 Å². The van der Waals surface area contributed by atoms with Crippen LogP contribution in [0.15, 0.2) is 0 Å². The van der Waals surface area contributed by atoms with Crippen LogP contribution < -0.4 is 6.15 Å². The zero-order chi connectivity index (χ0) is 3.58.